The van der Waals surface area contributed by atoms with Crippen LogP contribution in [-0.4, -0.2) is 36.9 Å². The maximum absolute atomic E-state index is 11.5. The molecule has 6 nitrogen and oxygen atoms in total. The summed E-state index contributed by atoms with van der Waals surface area (Å²) in [6.07, 6.45) is 2.93. The largest absolute Gasteiger partial charge is 0.381 e. The summed E-state index contributed by atoms with van der Waals surface area (Å²) in [4.78, 5) is 14.8. The van der Waals surface area contributed by atoms with Gasteiger partial charge in [0, 0.05) is 17.9 Å². The highest BCUT2D eigenvalue weighted by atomic mass is 32.2. The molecule has 18 heavy (non-hydrogen) atoms. The molecule has 1 aromatic rings. The number of carbonyl (C=O) groups excluding carboxylic acids is 1. The van der Waals surface area contributed by atoms with Crippen LogP contribution in [0.25, 0.3) is 0 Å². The average molecular weight is 269 g/mol. The first kappa shape index (κ1) is 12.8. The second-order valence-corrected chi connectivity index (χ2v) is 6.62. The van der Waals surface area contributed by atoms with Crippen molar-refractivity contribution in [3.05, 3.63) is 24.0 Å². The van der Waals surface area contributed by atoms with Gasteiger partial charge in [-0.15, -0.1) is 0 Å². The second kappa shape index (κ2) is 4.93. The van der Waals surface area contributed by atoms with E-state index in [4.69, 9.17) is 5.73 Å². The number of hydrogen-bond acceptors (Lipinski definition) is 5. The number of nitrogens with zero attached hydrogens (tertiary/aromatic N) is 1. The van der Waals surface area contributed by atoms with Gasteiger partial charge in [-0.05, 0) is 25.0 Å². The summed E-state index contributed by atoms with van der Waals surface area (Å²) in [5.41, 5.74) is 5.97. The van der Waals surface area contributed by atoms with Crippen LogP contribution in [0.4, 0.5) is 5.69 Å². The van der Waals surface area contributed by atoms with Gasteiger partial charge in [0.15, 0.2) is 9.84 Å². The van der Waals surface area contributed by atoms with Gasteiger partial charge in [-0.25, -0.2) is 8.42 Å². The van der Waals surface area contributed by atoms with Crippen LogP contribution in [0.2, 0.25) is 0 Å². The number of rotatable bonds is 3. The SMILES string of the molecule is NC(=O)c1cc(NC2CCCS(=O)(=O)C2)ccn1. The number of anilines is 1. The highest BCUT2D eigenvalue weighted by Gasteiger charge is 2.24. The highest BCUT2D eigenvalue weighted by molar-refractivity contribution is 7.91. The van der Waals surface area contributed by atoms with Crippen LogP contribution in [0.15, 0.2) is 18.3 Å². The molecule has 1 saturated heterocycles. The number of pyridine rings is 1. The molecule has 0 spiro atoms. The minimum Gasteiger partial charge on any atom is -0.381 e. The predicted molar refractivity (Wildman–Crippen MR) is 68.1 cm³/mol. The lowest BCUT2D eigenvalue weighted by molar-refractivity contribution is 0.0995. The van der Waals surface area contributed by atoms with E-state index in [1.807, 2.05) is 0 Å². The van der Waals surface area contributed by atoms with E-state index in [1.165, 1.54) is 12.3 Å². The molecule has 1 aromatic heterocycles. The van der Waals surface area contributed by atoms with Crippen molar-refractivity contribution in [1.82, 2.24) is 4.98 Å². The van der Waals surface area contributed by atoms with Crippen molar-refractivity contribution in [3.63, 3.8) is 0 Å². The average Bonchev–Trinajstić information content (AvgIpc) is 2.28. The van der Waals surface area contributed by atoms with Crippen LogP contribution in [0.5, 0.6) is 0 Å². The number of hydrogen-bond donors (Lipinski definition) is 2. The fourth-order valence-electron chi connectivity index (χ4n) is 2.03. The van der Waals surface area contributed by atoms with Crippen LogP contribution in [0.1, 0.15) is 23.3 Å². The summed E-state index contributed by atoms with van der Waals surface area (Å²) in [6.45, 7) is 0. The Bertz CT molecular complexity index is 556. The summed E-state index contributed by atoms with van der Waals surface area (Å²) < 4.78 is 23.0. The molecule has 1 fully saturated rings. The molecule has 0 radical (unpaired) electrons. The van der Waals surface area contributed by atoms with E-state index >= 15 is 0 Å². The van der Waals surface area contributed by atoms with E-state index in [2.05, 4.69) is 10.3 Å². The fourth-order valence-corrected chi connectivity index (χ4v) is 3.66. The van der Waals surface area contributed by atoms with Crippen LogP contribution in [-0.2, 0) is 9.84 Å². The van der Waals surface area contributed by atoms with Gasteiger partial charge in [-0.2, -0.15) is 0 Å². The van der Waals surface area contributed by atoms with Gasteiger partial charge in [0.05, 0.1) is 11.5 Å². The molecule has 3 N–H and O–H groups in total. The van der Waals surface area contributed by atoms with Crippen molar-refractivity contribution >= 4 is 21.4 Å². The molecule has 1 aliphatic rings. The van der Waals surface area contributed by atoms with Gasteiger partial charge in [0.2, 0.25) is 0 Å². The van der Waals surface area contributed by atoms with Crippen LogP contribution >= 0.6 is 0 Å². The van der Waals surface area contributed by atoms with Gasteiger partial charge in [-0.3, -0.25) is 9.78 Å². The summed E-state index contributed by atoms with van der Waals surface area (Å²) in [7, 11) is -2.95. The number of nitrogens with two attached hydrogens (primary N) is 1. The zero-order valence-electron chi connectivity index (χ0n) is 9.80. The molecule has 0 aromatic carbocycles. The number of carbonyl (C=O) groups is 1. The monoisotopic (exact) mass is 269 g/mol. The fraction of sp³-hybridized carbons (Fsp3) is 0.455. The van der Waals surface area contributed by atoms with Crippen LogP contribution in [0, 0.1) is 0 Å². The molecular formula is C11H15N3O3S. The normalized spacial score (nSPS) is 22.3. The number of nitrogens with one attached hydrogen (secondary N) is 1. The lowest BCUT2D eigenvalue weighted by atomic mass is 10.1. The Morgan fingerprint density at radius 2 is 2.28 bits per heavy atom. The topological polar surface area (TPSA) is 102 Å². The second-order valence-electron chi connectivity index (χ2n) is 4.39. The van der Waals surface area contributed by atoms with Gasteiger partial charge in [-0.1, -0.05) is 0 Å². The third-order valence-corrected chi connectivity index (χ3v) is 4.67. The Morgan fingerprint density at radius 3 is 2.94 bits per heavy atom. The first-order valence-electron chi connectivity index (χ1n) is 5.69. The quantitative estimate of drug-likeness (QED) is 0.814. The smallest absolute Gasteiger partial charge is 0.267 e. The number of sulfone groups is 1. The number of amides is 1. The summed E-state index contributed by atoms with van der Waals surface area (Å²) in [5.74, 6) is -0.218. The molecule has 0 saturated carbocycles. The molecule has 98 valence electrons. The van der Waals surface area contributed by atoms with Crippen molar-refractivity contribution in [2.75, 3.05) is 16.8 Å². The van der Waals surface area contributed by atoms with E-state index in [9.17, 15) is 13.2 Å². The van der Waals surface area contributed by atoms with E-state index in [0.717, 1.165) is 6.42 Å². The van der Waals surface area contributed by atoms with Crippen molar-refractivity contribution in [2.45, 2.75) is 18.9 Å². The van der Waals surface area contributed by atoms with E-state index in [0.29, 0.717) is 12.1 Å². The minimum absolute atomic E-state index is 0.119. The van der Waals surface area contributed by atoms with E-state index in [1.54, 1.807) is 6.07 Å². The Hall–Kier alpha value is -1.63. The molecule has 1 amide bonds. The molecular weight excluding hydrogens is 254 g/mol. The predicted octanol–water partition coefficient (Wildman–Crippen LogP) is 0.170. The van der Waals surface area contributed by atoms with Gasteiger partial charge >= 0.3 is 0 Å². The van der Waals surface area contributed by atoms with Crippen molar-refractivity contribution in [3.8, 4) is 0 Å². The molecule has 7 heteroatoms. The third kappa shape index (κ3) is 3.19. The standard InChI is InChI=1S/C11H15N3O3S/c12-11(15)10-6-8(3-4-13-10)14-9-2-1-5-18(16,17)7-9/h3-4,6,9H,1-2,5,7H2,(H2,12,15)(H,13,14). The molecule has 0 aliphatic carbocycles. The first-order valence-corrected chi connectivity index (χ1v) is 7.51. The van der Waals surface area contributed by atoms with Crippen LogP contribution in [0.3, 0.4) is 0 Å². The molecule has 2 rings (SSSR count). The van der Waals surface area contributed by atoms with Gasteiger partial charge in [0.25, 0.3) is 5.91 Å². The van der Waals surface area contributed by atoms with Crippen molar-refractivity contribution in [2.24, 2.45) is 5.73 Å². The minimum atomic E-state index is -2.95. The highest BCUT2D eigenvalue weighted by Crippen LogP contribution is 2.17. The number of primary amides is 1. The van der Waals surface area contributed by atoms with E-state index in [-0.39, 0.29) is 23.2 Å². The summed E-state index contributed by atoms with van der Waals surface area (Å²) >= 11 is 0. The van der Waals surface area contributed by atoms with Crippen LogP contribution < -0.4 is 11.1 Å². The Balaban J connectivity index is 2.09. The summed E-state index contributed by atoms with van der Waals surface area (Å²) in [6, 6.07) is 3.10. The molecule has 0 bridgehead atoms. The zero-order valence-corrected chi connectivity index (χ0v) is 10.6. The molecule has 1 unspecified atom stereocenters. The maximum Gasteiger partial charge on any atom is 0.267 e. The Morgan fingerprint density at radius 1 is 1.50 bits per heavy atom. The van der Waals surface area contributed by atoms with Gasteiger partial charge < -0.3 is 11.1 Å². The lowest BCUT2D eigenvalue weighted by Gasteiger charge is -2.24. The molecule has 1 aliphatic heterocycles. The Labute approximate surface area is 106 Å². The first-order chi connectivity index (χ1) is 8.46. The number of aromatic nitrogens is 1. The Kier molecular flexibility index (Phi) is 3.51. The lowest BCUT2D eigenvalue weighted by Crippen LogP contribution is -2.34. The summed E-state index contributed by atoms with van der Waals surface area (Å²) in [5, 5.41) is 3.10. The zero-order chi connectivity index (χ0) is 13.2. The maximum atomic E-state index is 11.5. The van der Waals surface area contributed by atoms with Gasteiger partial charge in [0.1, 0.15) is 5.69 Å². The molecule has 1 atom stereocenters. The van der Waals surface area contributed by atoms with Crippen molar-refractivity contribution in [1.29, 1.82) is 0 Å². The van der Waals surface area contributed by atoms with E-state index < -0.39 is 15.7 Å². The molecule has 2 heterocycles. The third-order valence-electron chi connectivity index (χ3n) is 2.85. The van der Waals surface area contributed by atoms with Crippen molar-refractivity contribution < 1.29 is 13.2 Å².